The van der Waals surface area contributed by atoms with Crippen molar-refractivity contribution in [1.29, 1.82) is 0 Å². The second-order valence-corrected chi connectivity index (χ2v) is 7.95. The molecule has 3 rings (SSSR count). The molecule has 5 nitrogen and oxygen atoms in total. The molecule has 2 aliphatic heterocycles. The summed E-state index contributed by atoms with van der Waals surface area (Å²) in [6, 6.07) is -0.0106. The van der Waals surface area contributed by atoms with E-state index in [-0.39, 0.29) is 34.7 Å². The Morgan fingerprint density at radius 3 is 2.57 bits per heavy atom. The van der Waals surface area contributed by atoms with E-state index in [9.17, 15) is 9.59 Å². The van der Waals surface area contributed by atoms with Crippen LogP contribution in [0.15, 0.2) is 0 Å². The predicted molar refractivity (Wildman–Crippen MR) is 80.7 cm³/mol. The normalized spacial score (nSPS) is 31.6. The van der Waals surface area contributed by atoms with E-state index in [4.69, 9.17) is 0 Å². The number of hydrogen-bond acceptors (Lipinski definition) is 3. The van der Waals surface area contributed by atoms with Crippen molar-refractivity contribution in [3.63, 3.8) is 0 Å². The van der Waals surface area contributed by atoms with Crippen LogP contribution >= 0.6 is 0 Å². The smallest absolute Gasteiger partial charge is 0.225 e. The highest BCUT2D eigenvalue weighted by atomic mass is 16.2. The van der Waals surface area contributed by atoms with Gasteiger partial charge in [-0.05, 0) is 58.5 Å². The van der Waals surface area contributed by atoms with Gasteiger partial charge in [0.25, 0.3) is 0 Å². The monoisotopic (exact) mass is 293 g/mol. The second-order valence-electron chi connectivity index (χ2n) is 7.95. The van der Waals surface area contributed by atoms with Crippen molar-refractivity contribution >= 4 is 11.8 Å². The number of nitrogens with zero attached hydrogens (tertiary/aromatic N) is 1. The Morgan fingerprint density at radius 1 is 1.33 bits per heavy atom. The summed E-state index contributed by atoms with van der Waals surface area (Å²) in [6.45, 7) is 8.84. The number of nitrogens with one attached hydrogen (secondary N) is 2. The minimum atomic E-state index is -0.160. The minimum absolute atomic E-state index is 0.0106. The maximum Gasteiger partial charge on any atom is 0.225 e. The zero-order valence-corrected chi connectivity index (χ0v) is 13.4. The summed E-state index contributed by atoms with van der Waals surface area (Å²) in [7, 11) is 0. The summed E-state index contributed by atoms with van der Waals surface area (Å²) in [5.41, 5.74) is 0.105. The summed E-state index contributed by atoms with van der Waals surface area (Å²) >= 11 is 0. The molecule has 2 saturated heterocycles. The molecule has 2 atom stereocenters. The van der Waals surface area contributed by atoms with Gasteiger partial charge in [0.15, 0.2) is 0 Å². The molecule has 118 valence electrons. The molecule has 2 heterocycles. The van der Waals surface area contributed by atoms with Crippen molar-refractivity contribution in [2.45, 2.75) is 58.0 Å². The quantitative estimate of drug-likeness (QED) is 0.795. The topological polar surface area (TPSA) is 61.4 Å². The summed E-state index contributed by atoms with van der Waals surface area (Å²) < 4.78 is 0. The predicted octanol–water partition coefficient (Wildman–Crippen LogP) is 0.892. The van der Waals surface area contributed by atoms with Gasteiger partial charge >= 0.3 is 0 Å². The molecule has 2 N–H and O–H groups in total. The molecule has 0 aromatic heterocycles. The maximum atomic E-state index is 12.4. The van der Waals surface area contributed by atoms with Crippen LogP contribution < -0.4 is 10.6 Å². The van der Waals surface area contributed by atoms with Crippen LogP contribution in [0.2, 0.25) is 0 Å². The third-order valence-electron chi connectivity index (χ3n) is 5.39. The number of hydrogen-bond donors (Lipinski definition) is 2. The molecule has 21 heavy (non-hydrogen) atoms. The van der Waals surface area contributed by atoms with Gasteiger partial charge in [-0.3, -0.25) is 9.59 Å². The fourth-order valence-electron chi connectivity index (χ4n) is 3.95. The molecule has 0 radical (unpaired) electrons. The van der Waals surface area contributed by atoms with Gasteiger partial charge in [-0.15, -0.1) is 0 Å². The lowest BCUT2D eigenvalue weighted by atomic mass is 9.91. The van der Waals surface area contributed by atoms with Gasteiger partial charge in [0.05, 0.1) is 6.04 Å². The first-order valence-corrected chi connectivity index (χ1v) is 8.13. The zero-order valence-electron chi connectivity index (χ0n) is 13.4. The largest absolute Gasteiger partial charge is 0.351 e. The van der Waals surface area contributed by atoms with Crippen molar-refractivity contribution < 1.29 is 9.59 Å². The first-order valence-electron chi connectivity index (χ1n) is 8.13. The van der Waals surface area contributed by atoms with E-state index in [0.29, 0.717) is 13.0 Å². The fourth-order valence-corrected chi connectivity index (χ4v) is 3.95. The van der Waals surface area contributed by atoms with E-state index >= 15 is 0 Å². The number of rotatable bonds is 2. The van der Waals surface area contributed by atoms with Crippen LogP contribution in [0.3, 0.4) is 0 Å². The van der Waals surface area contributed by atoms with Gasteiger partial charge in [0, 0.05) is 24.4 Å². The summed E-state index contributed by atoms with van der Waals surface area (Å²) in [5, 5.41) is 6.48. The Kier molecular flexibility index (Phi) is 3.51. The maximum absolute atomic E-state index is 12.4. The van der Waals surface area contributed by atoms with Gasteiger partial charge in [-0.2, -0.15) is 0 Å². The molecule has 3 fully saturated rings. The van der Waals surface area contributed by atoms with E-state index in [1.165, 1.54) is 0 Å². The van der Waals surface area contributed by atoms with Crippen molar-refractivity contribution in [3.8, 4) is 0 Å². The van der Waals surface area contributed by atoms with Crippen molar-refractivity contribution in [2.75, 3.05) is 19.6 Å². The Labute approximate surface area is 126 Å². The highest BCUT2D eigenvalue weighted by Crippen LogP contribution is 2.58. The van der Waals surface area contributed by atoms with Crippen LogP contribution in [0.5, 0.6) is 0 Å². The fraction of sp³-hybridized carbons (Fsp3) is 0.875. The number of piperidine rings is 1. The molecular formula is C16H27N3O2. The molecule has 0 aromatic carbocycles. The Balaban J connectivity index is 1.54. The highest BCUT2D eigenvalue weighted by molar-refractivity contribution is 5.85. The summed E-state index contributed by atoms with van der Waals surface area (Å²) in [5.74, 6) is 0.504. The van der Waals surface area contributed by atoms with Crippen molar-refractivity contribution in [3.05, 3.63) is 0 Å². The van der Waals surface area contributed by atoms with Crippen LogP contribution in [0.4, 0.5) is 0 Å². The minimum Gasteiger partial charge on any atom is -0.351 e. The van der Waals surface area contributed by atoms with Crippen LogP contribution in [0.25, 0.3) is 0 Å². The van der Waals surface area contributed by atoms with Gasteiger partial charge < -0.3 is 15.5 Å². The Morgan fingerprint density at radius 2 is 2.00 bits per heavy atom. The second kappa shape index (κ2) is 4.97. The van der Waals surface area contributed by atoms with Gasteiger partial charge in [-0.1, -0.05) is 0 Å². The van der Waals surface area contributed by atoms with Crippen molar-refractivity contribution in [2.24, 2.45) is 11.3 Å². The van der Waals surface area contributed by atoms with Crippen LogP contribution in [-0.2, 0) is 9.59 Å². The summed E-state index contributed by atoms with van der Waals surface area (Å²) in [4.78, 5) is 26.4. The number of carbonyl (C=O) groups excluding carboxylic acids is 2. The van der Waals surface area contributed by atoms with Crippen molar-refractivity contribution in [1.82, 2.24) is 15.5 Å². The molecule has 0 bridgehead atoms. The lowest BCUT2D eigenvalue weighted by molar-refractivity contribution is -0.131. The van der Waals surface area contributed by atoms with E-state index in [1.54, 1.807) is 0 Å². The highest BCUT2D eigenvalue weighted by Gasteiger charge is 2.58. The average molecular weight is 293 g/mol. The number of likely N-dealkylation sites (tertiary alicyclic amines) is 1. The summed E-state index contributed by atoms with van der Waals surface area (Å²) in [6.07, 6.45) is 3.71. The molecule has 2 amide bonds. The van der Waals surface area contributed by atoms with Crippen LogP contribution in [-0.4, -0.2) is 47.9 Å². The van der Waals surface area contributed by atoms with E-state index in [1.807, 2.05) is 25.7 Å². The van der Waals surface area contributed by atoms with E-state index < -0.39 is 0 Å². The van der Waals surface area contributed by atoms with E-state index in [2.05, 4.69) is 10.6 Å². The molecule has 1 aliphatic carbocycles. The van der Waals surface area contributed by atoms with Crippen LogP contribution in [0.1, 0.15) is 46.5 Å². The Hall–Kier alpha value is -1.10. The lowest BCUT2D eigenvalue weighted by Crippen LogP contribution is -2.45. The zero-order chi connectivity index (χ0) is 15.3. The molecule has 2 unspecified atom stereocenters. The van der Waals surface area contributed by atoms with Crippen LogP contribution in [0, 0.1) is 11.3 Å². The molecule has 1 spiro atoms. The van der Waals surface area contributed by atoms with E-state index in [0.717, 1.165) is 32.4 Å². The molecule has 5 heteroatoms. The van der Waals surface area contributed by atoms with Gasteiger partial charge in [0.1, 0.15) is 0 Å². The number of carbonyl (C=O) groups is 2. The molecule has 3 aliphatic rings. The molecule has 1 saturated carbocycles. The third-order valence-corrected chi connectivity index (χ3v) is 5.39. The first kappa shape index (κ1) is 14.8. The average Bonchev–Trinajstić information content (AvgIpc) is 2.94. The van der Waals surface area contributed by atoms with Gasteiger partial charge in [-0.25, -0.2) is 0 Å². The first-order chi connectivity index (χ1) is 9.82. The molecular weight excluding hydrogens is 266 g/mol. The third kappa shape index (κ3) is 2.80. The SMILES string of the molecule is CC(C)(C)N1CC(NC(=O)C2CC23CCNCC3)CC1=O. The molecule has 0 aromatic rings. The lowest BCUT2D eigenvalue weighted by Gasteiger charge is -2.32. The number of amides is 2. The standard InChI is InChI=1S/C16H27N3O2/c1-15(2,3)19-10-11(8-13(19)20)18-14(21)12-9-16(12)4-6-17-7-5-16/h11-12,17H,4-10H2,1-3H3,(H,18,21). The van der Waals surface area contributed by atoms with Gasteiger partial charge in [0.2, 0.25) is 11.8 Å². The Bertz CT molecular complexity index is 449.